The van der Waals surface area contributed by atoms with Crippen LogP contribution in [0.25, 0.3) is 0 Å². The Morgan fingerprint density at radius 3 is 2.54 bits per heavy atom. The van der Waals surface area contributed by atoms with Gasteiger partial charge in [-0.25, -0.2) is 4.98 Å². The molecule has 5 heteroatoms. The predicted molar refractivity (Wildman–Crippen MR) is 99.1 cm³/mol. The van der Waals surface area contributed by atoms with Crippen LogP contribution in [0.5, 0.6) is 0 Å². The fraction of sp³-hybridized carbons (Fsp3) is 0.474. The molecule has 1 amide bonds. The van der Waals surface area contributed by atoms with E-state index >= 15 is 0 Å². The van der Waals surface area contributed by atoms with Gasteiger partial charge in [-0.15, -0.1) is 0 Å². The van der Waals surface area contributed by atoms with Crippen molar-refractivity contribution in [3.05, 3.63) is 52.5 Å². The maximum Gasteiger partial charge on any atom is 0.253 e. The highest BCUT2D eigenvalue weighted by Crippen LogP contribution is 2.23. The molecular weight excluding hydrogens is 366 g/mol. The van der Waals surface area contributed by atoms with Gasteiger partial charge in [0.1, 0.15) is 5.82 Å². The normalized spacial score (nSPS) is 15.9. The summed E-state index contributed by atoms with van der Waals surface area (Å²) in [6, 6.07) is 7.62. The standard InChI is InChI=1S/C19H24BrN3O/c1-14(2)18-21-9-12-23(18)13-15-7-10-22(11-8-15)19(24)16-3-5-17(20)6-4-16/h3-6,9,12,14-15H,7-8,10-11,13H2,1-2H3. The van der Waals surface area contributed by atoms with E-state index in [-0.39, 0.29) is 5.91 Å². The zero-order chi connectivity index (χ0) is 17.1. The highest BCUT2D eigenvalue weighted by Gasteiger charge is 2.24. The molecule has 1 aromatic heterocycles. The molecule has 0 radical (unpaired) electrons. The molecule has 0 aliphatic carbocycles. The number of carbonyl (C=O) groups is 1. The monoisotopic (exact) mass is 389 g/mol. The number of nitrogens with zero attached hydrogens (tertiary/aromatic N) is 3. The van der Waals surface area contributed by atoms with Crippen LogP contribution in [-0.2, 0) is 6.54 Å². The van der Waals surface area contributed by atoms with E-state index in [0.29, 0.717) is 11.8 Å². The van der Waals surface area contributed by atoms with Crippen molar-refractivity contribution < 1.29 is 4.79 Å². The molecule has 1 aliphatic heterocycles. The number of likely N-dealkylation sites (tertiary alicyclic amines) is 1. The van der Waals surface area contributed by atoms with Gasteiger partial charge in [0.15, 0.2) is 0 Å². The first-order valence-electron chi connectivity index (χ1n) is 8.60. The summed E-state index contributed by atoms with van der Waals surface area (Å²) < 4.78 is 3.28. The number of piperidine rings is 1. The van der Waals surface area contributed by atoms with Crippen molar-refractivity contribution in [1.29, 1.82) is 0 Å². The van der Waals surface area contributed by atoms with Gasteiger partial charge >= 0.3 is 0 Å². The van der Waals surface area contributed by atoms with E-state index in [4.69, 9.17) is 0 Å². The molecule has 0 saturated carbocycles. The van der Waals surface area contributed by atoms with Crippen molar-refractivity contribution in [1.82, 2.24) is 14.5 Å². The molecule has 1 aromatic carbocycles. The smallest absolute Gasteiger partial charge is 0.253 e. The summed E-state index contributed by atoms with van der Waals surface area (Å²) in [7, 11) is 0. The topological polar surface area (TPSA) is 38.1 Å². The zero-order valence-electron chi connectivity index (χ0n) is 14.3. The number of aromatic nitrogens is 2. The summed E-state index contributed by atoms with van der Waals surface area (Å²) in [5, 5.41) is 0. The largest absolute Gasteiger partial charge is 0.339 e. The van der Waals surface area contributed by atoms with E-state index in [0.717, 1.165) is 48.3 Å². The van der Waals surface area contributed by atoms with E-state index < -0.39 is 0 Å². The molecular formula is C19H24BrN3O. The molecule has 0 unspecified atom stereocenters. The van der Waals surface area contributed by atoms with E-state index in [2.05, 4.69) is 45.5 Å². The number of imidazole rings is 1. The lowest BCUT2D eigenvalue weighted by molar-refractivity contribution is 0.0682. The fourth-order valence-corrected chi connectivity index (χ4v) is 3.61. The van der Waals surface area contributed by atoms with Crippen LogP contribution in [0.3, 0.4) is 0 Å². The third kappa shape index (κ3) is 3.89. The van der Waals surface area contributed by atoms with Crippen LogP contribution in [0.2, 0.25) is 0 Å². The first-order valence-corrected chi connectivity index (χ1v) is 9.39. The van der Waals surface area contributed by atoms with Crippen molar-refractivity contribution >= 4 is 21.8 Å². The van der Waals surface area contributed by atoms with E-state index in [9.17, 15) is 4.79 Å². The Balaban J connectivity index is 1.56. The van der Waals surface area contributed by atoms with Crippen molar-refractivity contribution in [2.75, 3.05) is 13.1 Å². The number of hydrogen-bond donors (Lipinski definition) is 0. The predicted octanol–water partition coefficient (Wildman–Crippen LogP) is 4.32. The molecule has 3 rings (SSSR count). The number of amides is 1. The van der Waals surface area contributed by atoms with Gasteiger partial charge in [0.25, 0.3) is 5.91 Å². The Labute approximate surface area is 152 Å². The number of benzene rings is 1. The lowest BCUT2D eigenvalue weighted by Crippen LogP contribution is -2.39. The third-order valence-corrected chi connectivity index (χ3v) is 5.24. The molecule has 0 spiro atoms. The van der Waals surface area contributed by atoms with Crippen molar-refractivity contribution in [2.45, 2.75) is 39.2 Å². The van der Waals surface area contributed by atoms with Crippen molar-refractivity contribution in [3.8, 4) is 0 Å². The molecule has 1 fully saturated rings. The Morgan fingerprint density at radius 2 is 1.92 bits per heavy atom. The second-order valence-corrected chi connectivity index (χ2v) is 7.75. The minimum Gasteiger partial charge on any atom is -0.339 e. The first kappa shape index (κ1) is 17.2. The van der Waals surface area contributed by atoms with Gasteiger partial charge in [0, 0.05) is 48.0 Å². The maximum atomic E-state index is 12.6. The summed E-state index contributed by atoms with van der Waals surface area (Å²) in [4.78, 5) is 19.0. The average molecular weight is 390 g/mol. The number of halogens is 1. The van der Waals surface area contributed by atoms with Gasteiger partial charge in [-0.3, -0.25) is 4.79 Å². The maximum absolute atomic E-state index is 12.6. The van der Waals surface area contributed by atoms with Crippen LogP contribution in [-0.4, -0.2) is 33.4 Å². The Hall–Kier alpha value is -1.62. The Morgan fingerprint density at radius 1 is 1.25 bits per heavy atom. The van der Waals surface area contributed by atoms with E-state index in [1.807, 2.05) is 35.4 Å². The van der Waals surface area contributed by atoms with Crippen LogP contribution < -0.4 is 0 Å². The van der Waals surface area contributed by atoms with Gasteiger partial charge in [-0.2, -0.15) is 0 Å². The van der Waals surface area contributed by atoms with Gasteiger partial charge in [0.2, 0.25) is 0 Å². The van der Waals surface area contributed by atoms with Gasteiger partial charge in [0.05, 0.1) is 0 Å². The SMILES string of the molecule is CC(C)c1nccn1CC1CCN(C(=O)c2ccc(Br)cc2)CC1. The molecule has 4 nitrogen and oxygen atoms in total. The third-order valence-electron chi connectivity index (χ3n) is 4.71. The van der Waals surface area contributed by atoms with Crippen LogP contribution in [0, 0.1) is 5.92 Å². The summed E-state index contributed by atoms with van der Waals surface area (Å²) in [6.07, 6.45) is 6.08. The molecule has 2 aromatic rings. The lowest BCUT2D eigenvalue weighted by Gasteiger charge is -2.32. The highest BCUT2D eigenvalue weighted by atomic mass is 79.9. The number of hydrogen-bond acceptors (Lipinski definition) is 2. The minimum atomic E-state index is 0.145. The molecule has 2 heterocycles. The number of carbonyl (C=O) groups excluding carboxylic acids is 1. The fourth-order valence-electron chi connectivity index (χ4n) is 3.35. The Bertz CT molecular complexity index is 685. The molecule has 0 atom stereocenters. The van der Waals surface area contributed by atoms with Crippen LogP contribution >= 0.6 is 15.9 Å². The molecule has 1 aliphatic rings. The Kier molecular flexibility index (Phi) is 5.39. The van der Waals surface area contributed by atoms with Crippen LogP contribution in [0.4, 0.5) is 0 Å². The van der Waals surface area contributed by atoms with Crippen LogP contribution in [0.15, 0.2) is 41.1 Å². The summed E-state index contributed by atoms with van der Waals surface area (Å²) >= 11 is 3.41. The van der Waals surface area contributed by atoms with E-state index in [1.54, 1.807) is 0 Å². The summed E-state index contributed by atoms with van der Waals surface area (Å²) in [6.45, 7) is 7.04. The quantitative estimate of drug-likeness (QED) is 0.780. The van der Waals surface area contributed by atoms with Gasteiger partial charge in [-0.05, 0) is 43.0 Å². The molecule has 0 bridgehead atoms. The van der Waals surface area contributed by atoms with Crippen LogP contribution in [0.1, 0.15) is 48.8 Å². The number of rotatable bonds is 4. The highest BCUT2D eigenvalue weighted by molar-refractivity contribution is 9.10. The summed E-state index contributed by atoms with van der Waals surface area (Å²) in [5.41, 5.74) is 0.772. The first-order chi connectivity index (χ1) is 11.5. The average Bonchev–Trinajstić information content (AvgIpc) is 3.04. The van der Waals surface area contributed by atoms with Crippen molar-refractivity contribution in [3.63, 3.8) is 0 Å². The lowest BCUT2D eigenvalue weighted by atomic mass is 9.96. The second kappa shape index (κ2) is 7.51. The van der Waals surface area contributed by atoms with Gasteiger partial charge in [-0.1, -0.05) is 29.8 Å². The van der Waals surface area contributed by atoms with Crippen molar-refractivity contribution in [2.24, 2.45) is 5.92 Å². The van der Waals surface area contributed by atoms with E-state index in [1.165, 1.54) is 0 Å². The summed E-state index contributed by atoms with van der Waals surface area (Å²) in [5.74, 6) is 2.36. The minimum absolute atomic E-state index is 0.145. The molecule has 128 valence electrons. The molecule has 0 N–H and O–H groups in total. The second-order valence-electron chi connectivity index (χ2n) is 6.83. The van der Waals surface area contributed by atoms with Gasteiger partial charge < -0.3 is 9.47 Å². The zero-order valence-corrected chi connectivity index (χ0v) is 15.9. The molecule has 1 saturated heterocycles. The molecule has 24 heavy (non-hydrogen) atoms.